The molecule has 3 rings (SSSR count). The van der Waals surface area contributed by atoms with Gasteiger partial charge in [-0.2, -0.15) is 0 Å². The molecule has 0 saturated heterocycles. The number of hydrogen-bond donors (Lipinski definition) is 2. The summed E-state index contributed by atoms with van der Waals surface area (Å²) in [5.74, 6) is 0.737. The minimum absolute atomic E-state index is 0.119. The summed E-state index contributed by atoms with van der Waals surface area (Å²) >= 11 is 0. The van der Waals surface area contributed by atoms with Gasteiger partial charge in [0.1, 0.15) is 13.2 Å². The third-order valence-corrected chi connectivity index (χ3v) is 5.66. The summed E-state index contributed by atoms with van der Waals surface area (Å²) in [6, 6.07) is 11.3. The largest absolute Gasteiger partial charge is 0.488 e. The van der Waals surface area contributed by atoms with Crippen LogP contribution in [0, 0.1) is 0 Å². The summed E-state index contributed by atoms with van der Waals surface area (Å²) in [7, 11) is -6.78. The minimum Gasteiger partial charge on any atom is -0.488 e. The molecule has 0 aromatic heterocycles. The summed E-state index contributed by atoms with van der Waals surface area (Å²) in [6.45, 7) is 1.15. The predicted molar refractivity (Wildman–Crippen MR) is 121 cm³/mol. The number of nitrogens with zero attached hydrogens (tertiary/aromatic N) is 1. The Morgan fingerprint density at radius 1 is 0.844 bits per heavy atom. The first kappa shape index (κ1) is 23.7. The lowest BCUT2D eigenvalue weighted by atomic mass is 10.1. The van der Waals surface area contributed by atoms with Gasteiger partial charge >= 0.3 is 0 Å². The Labute approximate surface area is 187 Å². The molecule has 0 spiro atoms. The van der Waals surface area contributed by atoms with Crippen LogP contribution in [0.1, 0.15) is 5.56 Å². The van der Waals surface area contributed by atoms with E-state index in [-0.39, 0.29) is 25.5 Å². The van der Waals surface area contributed by atoms with E-state index in [1.807, 2.05) is 0 Å². The number of hydrogen-bond acceptors (Lipinski definition) is 7. The molecule has 2 N–H and O–H groups in total. The van der Waals surface area contributed by atoms with Gasteiger partial charge in [-0.05, 0) is 29.8 Å². The highest BCUT2D eigenvalue weighted by Gasteiger charge is 2.18. The molecule has 174 valence electrons. The third kappa shape index (κ3) is 7.31. The van der Waals surface area contributed by atoms with Crippen LogP contribution in [-0.2, 0) is 31.3 Å². The number of rotatable bonds is 6. The molecule has 0 atom stereocenters. The molecule has 1 amide bonds. The molecule has 32 heavy (non-hydrogen) atoms. The second-order valence-electron chi connectivity index (χ2n) is 7.36. The van der Waals surface area contributed by atoms with E-state index in [9.17, 15) is 21.6 Å². The van der Waals surface area contributed by atoms with Crippen molar-refractivity contribution in [1.82, 2.24) is 4.90 Å². The van der Waals surface area contributed by atoms with E-state index in [0.29, 0.717) is 36.0 Å². The van der Waals surface area contributed by atoms with Crippen molar-refractivity contribution in [2.24, 2.45) is 0 Å². The van der Waals surface area contributed by atoms with E-state index in [1.54, 1.807) is 47.4 Å². The number of sulfonamides is 2. The second-order valence-corrected chi connectivity index (χ2v) is 10.9. The summed E-state index contributed by atoms with van der Waals surface area (Å²) in [4.78, 5) is 14.4. The molecule has 12 heteroatoms. The summed E-state index contributed by atoms with van der Waals surface area (Å²) in [6.07, 6.45) is 2.28. The van der Waals surface area contributed by atoms with Gasteiger partial charge in [0.15, 0.2) is 11.5 Å². The first-order valence-corrected chi connectivity index (χ1v) is 13.5. The van der Waals surface area contributed by atoms with Crippen LogP contribution >= 0.6 is 0 Å². The Morgan fingerprint density at radius 2 is 1.38 bits per heavy atom. The van der Waals surface area contributed by atoms with Crippen molar-refractivity contribution in [2.75, 3.05) is 48.3 Å². The molecule has 0 bridgehead atoms. The highest BCUT2D eigenvalue weighted by Crippen LogP contribution is 2.31. The molecule has 0 aliphatic carbocycles. The zero-order valence-electron chi connectivity index (χ0n) is 17.7. The fraction of sp³-hybridized carbons (Fsp3) is 0.350. The molecule has 0 fully saturated rings. The van der Waals surface area contributed by atoms with Gasteiger partial charge in [-0.25, -0.2) is 16.8 Å². The van der Waals surface area contributed by atoms with Gasteiger partial charge in [-0.15, -0.1) is 0 Å². The van der Waals surface area contributed by atoms with E-state index in [0.717, 1.165) is 18.1 Å². The van der Waals surface area contributed by atoms with Gasteiger partial charge in [0.2, 0.25) is 26.0 Å². The number of fused-ring (bicyclic) bond motifs is 1. The van der Waals surface area contributed by atoms with Crippen LogP contribution in [0.2, 0.25) is 0 Å². The first-order valence-electron chi connectivity index (χ1n) is 9.70. The quantitative estimate of drug-likeness (QED) is 0.633. The van der Waals surface area contributed by atoms with Crippen molar-refractivity contribution in [2.45, 2.75) is 6.42 Å². The standard InChI is InChI=1S/C20H25N3O7S2/c1-31(25,26)21-16-5-3-15(4-6-16)13-20(24)23-9-11-29-18-8-7-17(22-32(2,27)28)14-19(18)30-12-10-23/h3-8,14,21-22H,9-13H2,1-2H3. The molecule has 1 aliphatic rings. The van der Waals surface area contributed by atoms with Gasteiger partial charge in [-0.3, -0.25) is 14.2 Å². The monoisotopic (exact) mass is 483 g/mol. The lowest BCUT2D eigenvalue weighted by Crippen LogP contribution is -2.38. The fourth-order valence-electron chi connectivity index (χ4n) is 3.10. The van der Waals surface area contributed by atoms with Crippen LogP contribution in [0.5, 0.6) is 11.5 Å². The van der Waals surface area contributed by atoms with E-state index < -0.39 is 20.0 Å². The van der Waals surface area contributed by atoms with Gasteiger partial charge in [0, 0.05) is 11.8 Å². The van der Waals surface area contributed by atoms with E-state index in [1.165, 1.54) is 0 Å². The van der Waals surface area contributed by atoms with Crippen molar-refractivity contribution in [3.63, 3.8) is 0 Å². The number of carbonyl (C=O) groups is 1. The summed E-state index contributed by atoms with van der Waals surface area (Å²) in [5, 5.41) is 0. The zero-order chi connectivity index (χ0) is 23.4. The molecular formula is C20H25N3O7S2. The molecular weight excluding hydrogens is 458 g/mol. The van der Waals surface area contributed by atoms with Crippen LogP contribution in [0.3, 0.4) is 0 Å². The Kier molecular flexibility index (Phi) is 7.14. The SMILES string of the molecule is CS(=O)(=O)Nc1ccc(CC(=O)N2CCOc3ccc(NS(C)(=O)=O)cc3OCC2)cc1. The van der Waals surface area contributed by atoms with Crippen LogP contribution < -0.4 is 18.9 Å². The van der Waals surface area contributed by atoms with Crippen LogP contribution in [0.15, 0.2) is 42.5 Å². The Hall–Kier alpha value is -2.99. The summed E-state index contributed by atoms with van der Waals surface area (Å²) in [5.41, 5.74) is 1.53. The minimum atomic E-state index is -3.42. The Balaban J connectivity index is 1.61. The molecule has 0 unspecified atom stereocenters. The van der Waals surface area contributed by atoms with Gasteiger partial charge in [0.25, 0.3) is 0 Å². The van der Waals surface area contributed by atoms with E-state index in [4.69, 9.17) is 9.47 Å². The van der Waals surface area contributed by atoms with Crippen molar-refractivity contribution in [3.05, 3.63) is 48.0 Å². The molecule has 1 heterocycles. The normalized spacial score (nSPS) is 14.6. The molecule has 1 aliphatic heterocycles. The van der Waals surface area contributed by atoms with E-state index in [2.05, 4.69) is 9.44 Å². The zero-order valence-corrected chi connectivity index (χ0v) is 19.3. The molecule has 0 radical (unpaired) electrons. The van der Waals surface area contributed by atoms with Gasteiger partial charge in [0.05, 0.1) is 37.7 Å². The molecule has 10 nitrogen and oxygen atoms in total. The van der Waals surface area contributed by atoms with Crippen molar-refractivity contribution in [1.29, 1.82) is 0 Å². The van der Waals surface area contributed by atoms with Crippen LogP contribution in [0.4, 0.5) is 11.4 Å². The second kappa shape index (κ2) is 9.65. The van der Waals surface area contributed by atoms with E-state index >= 15 is 0 Å². The van der Waals surface area contributed by atoms with Crippen LogP contribution in [-0.4, -0.2) is 66.5 Å². The lowest BCUT2D eigenvalue weighted by Gasteiger charge is -2.21. The fourth-order valence-corrected chi connectivity index (χ4v) is 4.22. The maximum Gasteiger partial charge on any atom is 0.229 e. The predicted octanol–water partition coefficient (Wildman–Crippen LogP) is 1.27. The first-order chi connectivity index (χ1) is 15.0. The van der Waals surface area contributed by atoms with Crippen molar-refractivity contribution in [3.8, 4) is 11.5 Å². The average molecular weight is 484 g/mol. The lowest BCUT2D eigenvalue weighted by molar-refractivity contribution is -0.131. The maximum atomic E-state index is 12.8. The van der Waals surface area contributed by atoms with Crippen LogP contribution in [0.25, 0.3) is 0 Å². The number of carbonyl (C=O) groups excluding carboxylic acids is 1. The highest BCUT2D eigenvalue weighted by molar-refractivity contribution is 7.92. The average Bonchev–Trinajstić information content (AvgIpc) is 2.77. The topological polar surface area (TPSA) is 131 Å². The smallest absolute Gasteiger partial charge is 0.229 e. The number of anilines is 2. The van der Waals surface area contributed by atoms with Gasteiger partial charge < -0.3 is 14.4 Å². The third-order valence-electron chi connectivity index (χ3n) is 4.45. The molecule has 0 saturated carbocycles. The number of nitrogens with one attached hydrogen (secondary N) is 2. The van der Waals surface area contributed by atoms with Crippen molar-refractivity contribution < 1.29 is 31.1 Å². The highest BCUT2D eigenvalue weighted by atomic mass is 32.2. The molecule has 2 aromatic carbocycles. The maximum absolute atomic E-state index is 12.8. The molecule has 2 aromatic rings. The van der Waals surface area contributed by atoms with Crippen molar-refractivity contribution >= 4 is 37.3 Å². The Bertz CT molecular complexity index is 1180. The number of ether oxygens (including phenoxy) is 2. The number of benzene rings is 2. The van der Waals surface area contributed by atoms with Gasteiger partial charge in [-0.1, -0.05) is 12.1 Å². The Morgan fingerprint density at radius 3 is 1.97 bits per heavy atom. The summed E-state index contributed by atoms with van der Waals surface area (Å²) < 4.78 is 61.7. The number of amides is 1.